The molecule has 2 saturated carbocycles. The molecule has 1 unspecified atom stereocenters. The lowest BCUT2D eigenvalue weighted by Crippen LogP contribution is -2.30. The molecule has 19 heavy (non-hydrogen) atoms. The first kappa shape index (κ1) is 13.2. The molecule has 0 saturated heterocycles. The van der Waals surface area contributed by atoms with Gasteiger partial charge in [0.05, 0.1) is 0 Å². The zero-order chi connectivity index (χ0) is 13.1. The molecular weight excluding hydrogens is 228 g/mol. The largest absolute Gasteiger partial charge is 0.0622 e. The van der Waals surface area contributed by atoms with Crippen LogP contribution in [0.5, 0.6) is 0 Å². The smallest absolute Gasteiger partial charge is 0.00700 e. The van der Waals surface area contributed by atoms with Gasteiger partial charge >= 0.3 is 0 Å². The van der Waals surface area contributed by atoms with E-state index in [1.54, 1.807) is 5.56 Å². The lowest BCUT2D eigenvalue weighted by molar-refractivity contribution is 0.205. The maximum atomic E-state index is 2.54. The van der Waals surface area contributed by atoms with E-state index in [1.165, 1.54) is 57.8 Å². The summed E-state index contributed by atoms with van der Waals surface area (Å²) < 4.78 is 0. The van der Waals surface area contributed by atoms with E-state index in [-0.39, 0.29) is 0 Å². The molecule has 0 nitrogen and oxygen atoms in total. The molecule has 0 N–H and O–H groups in total. The van der Waals surface area contributed by atoms with Gasteiger partial charge in [0.1, 0.15) is 0 Å². The third-order valence-electron chi connectivity index (χ3n) is 5.65. The molecule has 0 amide bonds. The Labute approximate surface area is 118 Å². The molecule has 0 aromatic heterocycles. The fourth-order valence-corrected chi connectivity index (χ4v) is 4.35. The Balaban J connectivity index is 1.76. The van der Waals surface area contributed by atoms with E-state index in [4.69, 9.17) is 0 Å². The number of hydrogen-bond acceptors (Lipinski definition) is 0. The molecule has 1 aromatic rings. The minimum atomic E-state index is 0.432. The summed E-state index contributed by atoms with van der Waals surface area (Å²) in [5.41, 5.74) is 2.02. The highest BCUT2D eigenvalue weighted by Gasteiger charge is 2.35. The van der Waals surface area contributed by atoms with Crippen LogP contribution < -0.4 is 0 Å². The lowest BCUT2D eigenvalue weighted by atomic mass is 9.66. The Hall–Kier alpha value is -0.780. The molecule has 0 heterocycles. The molecular formula is C19H28. The average Bonchev–Trinajstić information content (AvgIpc) is 2.88. The zero-order valence-electron chi connectivity index (χ0n) is 12.4. The monoisotopic (exact) mass is 256 g/mol. The van der Waals surface area contributed by atoms with Gasteiger partial charge in [-0.2, -0.15) is 0 Å². The lowest BCUT2D eigenvalue weighted by Gasteiger charge is -2.39. The van der Waals surface area contributed by atoms with Crippen molar-refractivity contribution in [3.8, 4) is 0 Å². The van der Waals surface area contributed by atoms with Crippen molar-refractivity contribution in [2.45, 2.75) is 70.1 Å². The predicted octanol–water partition coefficient (Wildman–Crippen LogP) is 5.71. The first-order valence-corrected chi connectivity index (χ1v) is 8.32. The van der Waals surface area contributed by atoms with Crippen molar-refractivity contribution in [2.75, 3.05) is 0 Å². The van der Waals surface area contributed by atoms with E-state index in [0.717, 1.165) is 11.8 Å². The molecule has 2 fully saturated rings. The maximum Gasteiger partial charge on any atom is -0.00700 e. The van der Waals surface area contributed by atoms with Crippen LogP contribution in [0.4, 0.5) is 0 Å². The summed E-state index contributed by atoms with van der Waals surface area (Å²) in [6, 6.07) is 11.3. The third kappa shape index (κ3) is 3.04. The first-order valence-electron chi connectivity index (χ1n) is 8.32. The molecule has 1 aromatic carbocycles. The van der Waals surface area contributed by atoms with Crippen molar-refractivity contribution in [3.63, 3.8) is 0 Å². The summed E-state index contributed by atoms with van der Waals surface area (Å²) >= 11 is 0. The number of rotatable bonds is 5. The number of hydrogen-bond donors (Lipinski definition) is 0. The maximum absolute atomic E-state index is 2.54. The normalized spacial score (nSPS) is 24.1. The van der Waals surface area contributed by atoms with Gasteiger partial charge in [-0.05, 0) is 35.7 Å². The highest BCUT2D eigenvalue weighted by atomic mass is 14.4. The van der Waals surface area contributed by atoms with Crippen LogP contribution in [0.25, 0.3) is 0 Å². The van der Waals surface area contributed by atoms with Crippen LogP contribution in [-0.2, 0) is 5.41 Å². The Morgan fingerprint density at radius 2 is 1.37 bits per heavy atom. The van der Waals surface area contributed by atoms with Crippen molar-refractivity contribution in [3.05, 3.63) is 35.9 Å². The summed E-state index contributed by atoms with van der Waals surface area (Å²) in [7, 11) is 0. The summed E-state index contributed by atoms with van der Waals surface area (Å²) in [6.45, 7) is 2.54. The van der Waals surface area contributed by atoms with E-state index in [0.29, 0.717) is 5.41 Å². The Kier molecular flexibility index (Phi) is 3.96. The van der Waals surface area contributed by atoms with E-state index in [9.17, 15) is 0 Å². The van der Waals surface area contributed by atoms with E-state index in [1.807, 2.05) is 0 Å². The van der Waals surface area contributed by atoms with Gasteiger partial charge in [0.25, 0.3) is 0 Å². The van der Waals surface area contributed by atoms with Crippen LogP contribution in [-0.4, -0.2) is 0 Å². The summed E-state index contributed by atoms with van der Waals surface area (Å²) in [6.07, 6.45) is 13.2. The molecule has 3 rings (SSSR count). The second kappa shape index (κ2) is 5.69. The third-order valence-corrected chi connectivity index (χ3v) is 5.65. The first-order chi connectivity index (χ1) is 9.26. The van der Waals surface area contributed by atoms with E-state index >= 15 is 0 Å². The predicted molar refractivity (Wildman–Crippen MR) is 82.3 cm³/mol. The van der Waals surface area contributed by atoms with Crippen LogP contribution in [0.15, 0.2) is 30.3 Å². The minimum Gasteiger partial charge on any atom is -0.0622 e. The minimum absolute atomic E-state index is 0.432. The van der Waals surface area contributed by atoms with Gasteiger partial charge in [-0.15, -0.1) is 0 Å². The SMILES string of the molecule is CC(CC1CCCC1)(CC1CCC1)c1ccccc1. The van der Waals surface area contributed by atoms with Crippen molar-refractivity contribution >= 4 is 0 Å². The summed E-state index contributed by atoms with van der Waals surface area (Å²) in [5, 5.41) is 0. The number of benzene rings is 1. The van der Waals surface area contributed by atoms with Crippen molar-refractivity contribution in [1.29, 1.82) is 0 Å². The Morgan fingerprint density at radius 3 is 1.84 bits per heavy atom. The van der Waals surface area contributed by atoms with Gasteiger partial charge in [-0.1, -0.05) is 82.2 Å². The van der Waals surface area contributed by atoms with Crippen molar-refractivity contribution in [2.24, 2.45) is 11.8 Å². The quantitative estimate of drug-likeness (QED) is 0.632. The molecule has 2 aliphatic rings. The molecule has 0 heteroatoms. The topological polar surface area (TPSA) is 0 Å². The van der Waals surface area contributed by atoms with Crippen LogP contribution in [0, 0.1) is 11.8 Å². The molecule has 2 aliphatic carbocycles. The van der Waals surface area contributed by atoms with E-state index in [2.05, 4.69) is 37.3 Å². The van der Waals surface area contributed by atoms with Gasteiger partial charge in [0.15, 0.2) is 0 Å². The Morgan fingerprint density at radius 1 is 0.842 bits per heavy atom. The van der Waals surface area contributed by atoms with Crippen LogP contribution >= 0.6 is 0 Å². The van der Waals surface area contributed by atoms with Gasteiger partial charge < -0.3 is 0 Å². The molecule has 0 spiro atoms. The van der Waals surface area contributed by atoms with Gasteiger partial charge in [0.2, 0.25) is 0 Å². The molecule has 0 bridgehead atoms. The highest BCUT2D eigenvalue weighted by molar-refractivity contribution is 5.25. The zero-order valence-corrected chi connectivity index (χ0v) is 12.4. The molecule has 0 radical (unpaired) electrons. The highest BCUT2D eigenvalue weighted by Crippen LogP contribution is 2.45. The standard InChI is InChI=1S/C19H28/c1-19(15-17-10-7-11-17,14-16-8-5-6-9-16)18-12-3-2-4-13-18/h2-4,12-13,16-17H,5-11,14-15H2,1H3. The van der Waals surface area contributed by atoms with Crippen molar-refractivity contribution in [1.82, 2.24) is 0 Å². The van der Waals surface area contributed by atoms with E-state index < -0.39 is 0 Å². The van der Waals surface area contributed by atoms with Crippen molar-refractivity contribution < 1.29 is 0 Å². The molecule has 104 valence electrons. The van der Waals surface area contributed by atoms with Gasteiger partial charge in [0, 0.05) is 0 Å². The average molecular weight is 256 g/mol. The van der Waals surface area contributed by atoms with Gasteiger partial charge in [-0.3, -0.25) is 0 Å². The van der Waals surface area contributed by atoms with Crippen LogP contribution in [0.2, 0.25) is 0 Å². The van der Waals surface area contributed by atoms with Crippen LogP contribution in [0.3, 0.4) is 0 Å². The fraction of sp³-hybridized carbons (Fsp3) is 0.684. The summed E-state index contributed by atoms with van der Waals surface area (Å²) in [5.74, 6) is 2.00. The van der Waals surface area contributed by atoms with Gasteiger partial charge in [-0.25, -0.2) is 0 Å². The fourth-order valence-electron chi connectivity index (χ4n) is 4.35. The molecule has 0 aliphatic heterocycles. The Bertz CT molecular complexity index is 384. The second-order valence-corrected chi connectivity index (χ2v) is 7.28. The second-order valence-electron chi connectivity index (χ2n) is 7.28. The summed E-state index contributed by atoms with van der Waals surface area (Å²) in [4.78, 5) is 0. The molecule has 1 atom stereocenters. The van der Waals surface area contributed by atoms with Crippen LogP contribution in [0.1, 0.15) is 70.3 Å².